The van der Waals surface area contributed by atoms with Crippen LogP contribution in [0.2, 0.25) is 0 Å². The van der Waals surface area contributed by atoms with Gasteiger partial charge in [0.2, 0.25) is 0 Å². The molecule has 2 N–H and O–H groups in total. The highest BCUT2D eigenvalue weighted by molar-refractivity contribution is 7.80. The zero-order chi connectivity index (χ0) is 19.1. The zero-order valence-electron chi connectivity index (χ0n) is 14.6. The minimum absolute atomic E-state index is 0.0186. The van der Waals surface area contributed by atoms with E-state index in [2.05, 4.69) is 15.8 Å². The van der Waals surface area contributed by atoms with E-state index in [1.54, 1.807) is 19.9 Å². The average molecular weight is 377 g/mol. The van der Waals surface area contributed by atoms with Gasteiger partial charge in [0, 0.05) is 16.8 Å². The maximum absolute atomic E-state index is 12.6. The third-order valence-corrected chi connectivity index (χ3v) is 4.68. The van der Waals surface area contributed by atoms with Crippen molar-refractivity contribution in [2.24, 2.45) is 0 Å². The maximum atomic E-state index is 12.6. The van der Waals surface area contributed by atoms with Crippen molar-refractivity contribution < 1.29 is 14.1 Å². The van der Waals surface area contributed by atoms with Crippen LogP contribution < -0.4 is 10.6 Å². The first kappa shape index (κ1) is 17.1. The lowest BCUT2D eigenvalue weighted by molar-refractivity contribution is 0.0974. The highest BCUT2D eigenvalue weighted by Gasteiger charge is 2.26. The van der Waals surface area contributed by atoms with Gasteiger partial charge in [0.1, 0.15) is 11.3 Å². The van der Waals surface area contributed by atoms with E-state index in [1.807, 2.05) is 36.4 Å². The van der Waals surface area contributed by atoms with E-state index in [9.17, 15) is 9.59 Å². The molecule has 0 saturated heterocycles. The van der Waals surface area contributed by atoms with Gasteiger partial charge in [0.05, 0.1) is 5.69 Å². The molecule has 6 nitrogen and oxygen atoms in total. The first-order valence-electron chi connectivity index (χ1n) is 8.29. The zero-order valence-corrected chi connectivity index (χ0v) is 15.4. The molecular formula is C20H15N3O3S. The number of nitrogens with one attached hydrogen (secondary N) is 2. The number of nitrogens with zero attached hydrogens (tertiary/aromatic N) is 1. The second-order valence-corrected chi connectivity index (χ2v) is 6.65. The molecule has 0 radical (unpaired) electrons. The molecule has 0 saturated carbocycles. The van der Waals surface area contributed by atoms with Crippen molar-refractivity contribution >= 4 is 34.7 Å². The van der Waals surface area contributed by atoms with Crippen LogP contribution in [0.3, 0.4) is 0 Å². The first-order chi connectivity index (χ1) is 13.0. The van der Waals surface area contributed by atoms with Crippen molar-refractivity contribution in [2.75, 3.05) is 5.32 Å². The van der Waals surface area contributed by atoms with Crippen molar-refractivity contribution in [3.05, 3.63) is 70.6 Å². The van der Waals surface area contributed by atoms with Crippen LogP contribution in [-0.4, -0.2) is 22.0 Å². The number of amides is 1. The smallest absolute Gasteiger partial charge is 0.262 e. The number of benzene rings is 2. The quantitative estimate of drug-likeness (QED) is 0.519. The van der Waals surface area contributed by atoms with Crippen LogP contribution in [0.15, 0.2) is 47.0 Å². The van der Waals surface area contributed by atoms with Crippen molar-refractivity contribution in [1.82, 2.24) is 10.5 Å². The Morgan fingerprint density at radius 2 is 1.74 bits per heavy atom. The van der Waals surface area contributed by atoms with Gasteiger partial charge < -0.3 is 9.84 Å². The Labute approximate surface area is 160 Å². The lowest BCUT2D eigenvalue weighted by atomic mass is 10.1. The Bertz CT molecular complexity index is 1100. The molecule has 1 aliphatic carbocycles. The van der Waals surface area contributed by atoms with Crippen LogP contribution in [-0.2, 0) is 0 Å². The lowest BCUT2D eigenvalue weighted by Gasteiger charge is -2.10. The van der Waals surface area contributed by atoms with E-state index < -0.39 is 5.91 Å². The molecule has 0 unspecified atom stereocenters. The summed E-state index contributed by atoms with van der Waals surface area (Å²) >= 11 is 5.22. The number of aryl methyl sites for hydroxylation is 2. The molecule has 4 rings (SSSR count). The first-order valence-corrected chi connectivity index (χ1v) is 8.70. The van der Waals surface area contributed by atoms with E-state index in [-0.39, 0.29) is 10.9 Å². The van der Waals surface area contributed by atoms with Gasteiger partial charge in [-0.05, 0) is 49.3 Å². The number of carbonyl (C=O) groups is 2. The Morgan fingerprint density at radius 1 is 1.04 bits per heavy atom. The molecular weight excluding hydrogens is 362 g/mol. The molecule has 0 aliphatic heterocycles. The minimum Gasteiger partial charge on any atom is -0.361 e. The average Bonchev–Trinajstić information content (AvgIpc) is 3.12. The van der Waals surface area contributed by atoms with Crippen LogP contribution in [0.4, 0.5) is 5.69 Å². The molecule has 0 fully saturated rings. The highest BCUT2D eigenvalue weighted by atomic mass is 32.1. The van der Waals surface area contributed by atoms with Gasteiger partial charge in [-0.15, -0.1) is 0 Å². The number of fused-ring (bicyclic) bond motifs is 3. The number of anilines is 1. The van der Waals surface area contributed by atoms with Crippen LogP contribution in [0.1, 0.15) is 37.7 Å². The fourth-order valence-electron chi connectivity index (χ4n) is 3.24. The second kappa shape index (κ2) is 6.44. The summed E-state index contributed by atoms with van der Waals surface area (Å²) in [5.74, 6) is 0.0111. The predicted octanol–water partition coefficient (Wildman–Crippen LogP) is 3.63. The standard InChI is InChI=1S/C20H15N3O3S/c1-10-17(11(2)26-23-10)19(25)22-20(27)21-12-7-8-14-13-5-3-4-6-15(13)18(24)16(14)9-12/h3-9H,1-2H3,(H2,21,22,25,27). The van der Waals surface area contributed by atoms with Gasteiger partial charge in [-0.2, -0.15) is 0 Å². The number of rotatable bonds is 2. The van der Waals surface area contributed by atoms with Gasteiger partial charge in [0.25, 0.3) is 5.91 Å². The van der Waals surface area contributed by atoms with Crippen molar-refractivity contribution in [1.29, 1.82) is 0 Å². The summed E-state index contributed by atoms with van der Waals surface area (Å²) in [5, 5.41) is 9.44. The molecule has 7 heteroatoms. The van der Waals surface area contributed by atoms with E-state index >= 15 is 0 Å². The summed E-state index contributed by atoms with van der Waals surface area (Å²) in [4.78, 5) is 24.9. The van der Waals surface area contributed by atoms with E-state index in [0.29, 0.717) is 33.8 Å². The van der Waals surface area contributed by atoms with Crippen LogP contribution in [0.5, 0.6) is 0 Å². The summed E-state index contributed by atoms with van der Waals surface area (Å²) in [5.41, 5.74) is 4.61. The summed E-state index contributed by atoms with van der Waals surface area (Å²) in [6.45, 7) is 3.35. The molecule has 2 aromatic carbocycles. The lowest BCUT2D eigenvalue weighted by Crippen LogP contribution is -2.34. The molecule has 1 heterocycles. The number of hydrogen-bond acceptors (Lipinski definition) is 5. The van der Waals surface area contributed by atoms with Crippen LogP contribution >= 0.6 is 12.2 Å². The summed E-state index contributed by atoms with van der Waals surface area (Å²) < 4.78 is 5.00. The Balaban J connectivity index is 1.52. The van der Waals surface area contributed by atoms with E-state index in [0.717, 1.165) is 11.1 Å². The fraction of sp³-hybridized carbons (Fsp3) is 0.100. The van der Waals surface area contributed by atoms with E-state index in [4.69, 9.17) is 16.7 Å². The second-order valence-electron chi connectivity index (χ2n) is 6.24. The maximum Gasteiger partial charge on any atom is 0.262 e. The minimum atomic E-state index is -0.395. The predicted molar refractivity (Wildman–Crippen MR) is 105 cm³/mol. The third kappa shape index (κ3) is 2.92. The summed E-state index contributed by atoms with van der Waals surface area (Å²) in [7, 11) is 0. The third-order valence-electron chi connectivity index (χ3n) is 4.47. The van der Waals surface area contributed by atoms with Crippen LogP contribution in [0, 0.1) is 13.8 Å². The van der Waals surface area contributed by atoms with Crippen molar-refractivity contribution in [2.45, 2.75) is 13.8 Å². The van der Waals surface area contributed by atoms with Crippen molar-refractivity contribution in [3.8, 4) is 11.1 Å². The van der Waals surface area contributed by atoms with E-state index in [1.165, 1.54) is 0 Å². The Kier molecular flexibility index (Phi) is 4.08. The number of ketones is 1. The Morgan fingerprint density at radius 3 is 2.44 bits per heavy atom. The molecule has 3 aromatic rings. The molecule has 0 atom stereocenters. The molecule has 0 spiro atoms. The van der Waals surface area contributed by atoms with Gasteiger partial charge in [-0.1, -0.05) is 35.5 Å². The summed E-state index contributed by atoms with van der Waals surface area (Å²) in [6, 6.07) is 12.9. The summed E-state index contributed by atoms with van der Waals surface area (Å²) in [6.07, 6.45) is 0. The number of hydrogen-bond donors (Lipinski definition) is 2. The Hall–Kier alpha value is -3.32. The van der Waals surface area contributed by atoms with Gasteiger partial charge in [0.15, 0.2) is 10.9 Å². The highest BCUT2D eigenvalue weighted by Crippen LogP contribution is 2.37. The number of thiocarbonyl (C=S) groups is 1. The normalized spacial score (nSPS) is 11.7. The topological polar surface area (TPSA) is 84.2 Å². The van der Waals surface area contributed by atoms with Gasteiger partial charge >= 0.3 is 0 Å². The molecule has 0 bridgehead atoms. The number of carbonyl (C=O) groups excluding carboxylic acids is 2. The fourth-order valence-corrected chi connectivity index (χ4v) is 3.45. The van der Waals surface area contributed by atoms with Crippen LogP contribution in [0.25, 0.3) is 11.1 Å². The molecule has 27 heavy (non-hydrogen) atoms. The number of aromatic nitrogens is 1. The SMILES string of the molecule is Cc1noc(C)c1C(=O)NC(=S)Nc1ccc2c(c1)C(=O)c1ccccc1-2. The monoisotopic (exact) mass is 377 g/mol. The van der Waals surface area contributed by atoms with Crippen molar-refractivity contribution in [3.63, 3.8) is 0 Å². The largest absolute Gasteiger partial charge is 0.361 e. The molecule has 1 amide bonds. The van der Waals surface area contributed by atoms with Gasteiger partial charge in [-0.25, -0.2) is 0 Å². The molecule has 134 valence electrons. The molecule has 1 aliphatic rings. The molecule has 1 aromatic heterocycles. The van der Waals surface area contributed by atoms with Gasteiger partial charge in [-0.3, -0.25) is 14.9 Å².